The normalized spacial score (nSPS) is 17.4. The first-order valence-corrected chi connectivity index (χ1v) is 7.02. The standard InChI is InChI=1S/C13H22ClN3/c1-3-17-12(8-11(2)16-17)9-15-10-13(4-5-13)6-7-14/h8,15H,3-7,9-10H2,1-2H3. The summed E-state index contributed by atoms with van der Waals surface area (Å²) < 4.78 is 2.07. The van der Waals surface area contributed by atoms with E-state index in [0.29, 0.717) is 5.41 Å². The van der Waals surface area contributed by atoms with E-state index in [1.165, 1.54) is 18.5 Å². The number of nitrogens with one attached hydrogen (secondary N) is 1. The Morgan fingerprint density at radius 3 is 2.88 bits per heavy atom. The molecule has 0 aliphatic heterocycles. The van der Waals surface area contributed by atoms with Crippen LogP contribution in [-0.4, -0.2) is 22.2 Å². The van der Waals surface area contributed by atoms with Crippen LogP contribution in [0.1, 0.15) is 37.6 Å². The van der Waals surface area contributed by atoms with Crippen molar-refractivity contribution in [2.75, 3.05) is 12.4 Å². The van der Waals surface area contributed by atoms with Gasteiger partial charge in [-0.2, -0.15) is 5.10 Å². The third-order valence-electron chi connectivity index (χ3n) is 3.67. The summed E-state index contributed by atoms with van der Waals surface area (Å²) in [7, 11) is 0. The lowest BCUT2D eigenvalue weighted by atomic mass is 10.0. The fraction of sp³-hybridized carbons (Fsp3) is 0.769. The summed E-state index contributed by atoms with van der Waals surface area (Å²) in [5.74, 6) is 0.785. The van der Waals surface area contributed by atoms with E-state index in [1.54, 1.807) is 0 Å². The quantitative estimate of drug-likeness (QED) is 0.760. The molecule has 1 aliphatic rings. The maximum atomic E-state index is 5.83. The molecule has 0 amide bonds. The van der Waals surface area contributed by atoms with Gasteiger partial charge in [0.25, 0.3) is 0 Å². The van der Waals surface area contributed by atoms with Crippen molar-refractivity contribution in [3.63, 3.8) is 0 Å². The fourth-order valence-corrected chi connectivity index (χ4v) is 2.76. The summed E-state index contributed by atoms with van der Waals surface area (Å²) in [6, 6.07) is 2.16. The average molecular weight is 256 g/mol. The maximum Gasteiger partial charge on any atom is 0.0597 e. The second kappa shape index (κ2) is 5.40. The molecule has 0 unspecified atom stereocenters. The van der Waals surface area contributed by atoms with Gasteiger partial charge in [0.15, 0.2) is 0 Å². The smallest absolute Gasteiger partial charge is 0.0597 e. The molecular weight excluding hydrogens is 234 g/mol. The molecule has 0 radical (unpaired) electrons. The SMILES string of the molecule is CCn1nc(C)cc1CNCC1(CCCl)CC1. The van der Waals surface area contributed by atoms with E-state index in [0.717, 1.165) is 37.6 Å². The average Bonchev–Trinajstić information content (AvgIpc) is 2.96. The molecule has 0 spiro atoms. The van der Waals surface area contributed by atoms with E-state index < -0.39 is 0 Å². The lowest BCUT2D eigenvalue weighted by Gasteiger charge is -2.14. The fourth-order valence-electron chi connectivity index (χ4n) is 2.36. The van der Waals surface area contributed by atoms with Gasteiger partial charge in [-0.1, -0.05) is 0 Å². The third kappa shape index (κ3) is 3.23. The van der Waals surface area contributed by atoms with E-state index >= 15 is 0 Å². The predicted molar refractivity (Wildman–Crippen MR) is 71.3 cm³/mol. The zero-order valence-corrected chi connectivity index (χ0v) is 11.6. The second-order valence-corrected chi connectivity index (χ2v) is 5.51. The van der Waals surface area contributed by atoms with Crippen molar-refractivity contribution in [2.24, 2.45) is 5.41 Å². The Labute approximate surface area is 109 Å². The van der Waals surface area contributed by atoms with Crippen LogP contribution < -0.4 is 5.32 Å². The summed E-state index contributed by atoms with van der Waals surface area (Å²) in [5.41, 5.74) is 2.89. The summed E-state index contributed by atoms with van der Waals surface area (Å²) in [4.78, 5) is 0. The second-order valence-electron chi connectivity index (χ2n) is 5.14. The van der Waals surface area contributed by atoms with Crippen molar-refractivity contribution in [3.05, 3.63) is 17.5 Å². The van der Waals surface area contributed by atoms with Gasteiger partial charge in [-0.3, -0.25) is 4.68 Å². The Bertz CT molecular complexity index is 369. The van der Waals surface area contributed by atoms with Crippen LogP contribution in [0.15, 0.2) is 6.07 Å². The molecule has 0 atom stereocenters. The molecule has 0 aromatic carbocycles. The first-order chi connectivity index (χ1) is 8.19. The van der Waals surface area contributed by atoms with E-state index in [4.69, 9.17) is 11.6 Å². The zero-order chi connectivity index (χ0) is 12.3. The van der Waals surface area contributed by atoms with Gasteiger partial charge >= 0.3 is 0 Å². The molecule has 1 N–H and O–H groups in total. The minimum absolute atomic E-state index is 0.508. The number of rotatable bonds is 7. The van der Waals surface area contributed by atoms with Crippen LogP contribution in [0.3, 0.4) is 0 Å². The first kappa shape index (κ1) is 12.9. The van der Waals surface area contributed by atoms with Crippen molar-refractivity contribution in [1.29, 1.82) is 0 Å². The number of alkyl halides is 1. The molecule has 1 saturated carbocycles. The van der Waals surface area contributed by atoms with Crippen LogP contribution in [0.4, 0.5) is 0 Å². The molecule has 2 rings (SSSR count). The lowest BCUT2D eigenvalue weighted by Crippen LogP contribution is -2.25. The molecule has 1 aromatic rings. The Morgan fingerprint density at radius 2 is 2.29 bits per heavy atom. The Hall–Kier alpha value is -0.540. The Kier molecular flexibility index (Phi) is 4.10. The minimum Gasteiger partial charge on any atom is -0.311 e. The molecule has 0 saturated heterocycles. The highest BCUT2D eigenvalue weighted by molar-refractivity contribution is 6.17. The molecule has 1 fully saturated rings. The zero-order valence-electron chi connectivity index (χ0n) is 10.8. The summed E-state index contributed by atoms with van der Waals surface area (Å²) >= 11 is 5.83. The van der Waals surface area contributed by atoms with Gasteiger partial charge in [0.1, 0.15) is 0 Å². The van der Waals surface area contributed by atoms with Crippen LogP contribution in [-0.2, 0) is 13.1 Å². The van der Waals surface area contributed by atoms with Gasteiger partial charge in [0.05, 0.1) is 11.4 Å². The number of halogens is 1. The van der Waals surface area contributed by atoms with Crippen LogP contribution >= 0.6 is 11.6 Å². The van der Waals surface area contributed by atoms with Gasteiger partial charge < -0.3 is 5.32 Å². The number of aryl methyl sites for hydroxylation is 2. The van der Waals surface area contributed by atoms with Crippen LogP contribution in [0, 0.1) is 12.3 Å². The van der Waals surface area contributed by atoms with Crippen LogP contribution in [0.25, 0.3) is 0 Å². The topological polar surface area (TPSA) is 29.9 Å². The Balaban J connectivity index is 1.81. The maximum absolute atomic E-state index is 5.83. The summed E-state index contributed by atoms with van der Waals surface area (Å²) in [6.07, 6.45) is 3.81. The molecule has 1 aromatic heterocycles. The number of hydrogen-bond acceptors (Lipinski definition) is 2. The van der Waals surface area contributed by atoms with Crippen molar-refractivity contribution < 1.29 is 0 Å². The summed E-state index contributed by atoms with van der Waals surface area (Å²) in [6.45, 7) is 7.13. The monoisotopic (exact) mass is 255 g/mol. The first-order valence-electron chi connectivity index (χ1n) is 6.49. The predicted octanol–water partition coefficient (Wildman–Crippen LogP) is 2.71. The number of aromatic nitrogens is 2. The van der Waals surface area contributed by atoms with Gasteiger partial charge in [-0.05, 0) is 44.6 Å². The van der Waals surface area contributed by atoms with Crippen molar-refractivity contribution in [2.45, 2.75) is 46.2 Å². The van der Waals surface area contributed by atoms with Crippen LogP contribution in [0.5, 0.6) is 0 Å². The Morgan fingerprint density at radius 1 is 1.53 bits per heavy atom. The van der Waals surface area contributed by atoms with E-state index in [1.807, 2.05) is 6.92 Å². The molecule has 0 bridgehead atoms. The van der Waals surface area contributed by atoms with Crippen LogP contribution in [0.2, 0.25) is 0 Å². The third-order valence-corrected chi connectivity index (χ3v) is 3.86. The number of nitrogens with zero attached hydrogens (tertiary/aromatic N) is 2. The highest BCUT2D eigenvalue weighted by Gasteiger charge is 2.41. The van der Waals surface area contributed by atoms with Gasteiger partial charge in [0, 0.05) is 25.5 Å². The molecule has 96 valence electrons. The van der Waals surface area contributed by atoms with Gasteiger partial charge in [-0.15, -0.1) is 11.6 Å². The van der Waals surface area contributed by atoms with E-state index in [2.05, 4.69) is 28.1 Å². The highest BCUT2D eigenvalue weighted by Crippen LogP contribution is 2.48. The summed E-state index contributed by atoms with van der Waals surface area (Å²) in [5, 5.41) is 8.01. The van der Waals surface area contributed by atoms with Crippen molar-refractivity contribution >= 4 is 11.6 Å². The molecule has 17 heavy (non-hydrogen) atoms. The van der Waals surface area contributed by atoms with Crippen molar-refractivity contribution in [3.8, 4) is 0 Å². The molecule has 4 heteroatoms. The largest absolute Gasteiger partial charge is 0.311 e. The van der Waals surface area contributed by atoms with E-state index in [9.17, 15) is 0 Å². The minimum atomic E-state index is 0.508. The van der Waals surface area contributed by atoms with E-state index in [-0.39, 0.29) is 0 Å². The molecule has 1 aliphatic carbocycles. The van der Waals surface area contributed by atoms with Gasteiger partial charge in [-0.25, -0.2) is 0 Å². The van der Waals surface area contributed by atoms with Crippen molar-refractivity contribution in [1.82, 2.24) is 15.1 Å². The molecular formula is C13H22ClN3. The highest BCUT2D eigenvalue weighted by atomic mass is 35.5. The molecule has 3 nitrogen and oxygen atoms in total. The number of hydrogen-bond donors (Lipinski definition) is 1. The van der Waals surface area contributed by atoms with Gasteiger partial charge in [0.2, 0.25) is 0 Å². The molecule has 1 heterocycles. The lowest BCUT2D eigenvalue weighted by molar-refractivity contribution is 0.438.